The lowest BCUT2D eigenvalue weighted by atomic mass is 9.47. The van der Waals surface area contributed by atoms with Crippen LogP contribution in [0.15, 0.2) is 11.6 Å². The molecule has 0 bridgehead atoms. The molecule has 0 aromatic heterocycles. The molecule has 0 aromatic rings. The molecule has 1 N–H and O–H groups in total. The van der Waals surface area contributed by atoms with Gasteiger partial charge in [-0.2, -0.15) is 0 Å². The number of fused-ring (bicyclic) bond motifs is 7. The lowest BCUT2D eigenvalue weighted by Crippen LogP contribution is -2.57. The van der Waals surface area contributed by atoms with Crippen molar-refractivity contribution in [2.45, 2.75) is 110 Å². The summed E-state index contributed by atoms with van der Waals surface area (Å²) < 4.78 is 12.6. The van der Waals surface area contributed by atoms with Crippen molar-refractivity contribution in [2.24, 2.45) is 46.3 Å². The maximum absolute atomic E-state index is 11.5. The molecule has 0 aromatic carbocycles. The molecule has 4 aliphatic carbocycles. The standard InChI is InChI=1S/C29H45NO3/c1-17-8-13-29(30-16-17)18(2)26-25(33-29)15-24-22-7-6-20-14-21(32-19(3)31)9-11-27(20,4)23(22)10-12-28(24,26)5/h6,17-18,21-26,30H,7-16H2,1-5H3/t17?,18-,21?,22?,23?,24?,25+,26+,27+,28+,29?/m1/s1. The molecule has 6 aliphatic rings. The number of ether oxygens (including phenoxy) is 2. The topological polar surface area (TPSA) is 47.6 Å². The third kappa shape index (κ3) is 3.18. The Labute approximate surface area is 200 Å². The molecular formula is C29H45NO3. The van der Waals surface area contributed by atoms with Crippen molar-refractivity contribution >= 4 is 5.97 Å². The summed E-state index contributed by atoms with van der Waals surface area (Å²) >= 11 is 0. The summed E-state index contributed by atoms with van der Waals surface area (Å²) in [5, 5.41) is 3.88. The Morgan fingerprint density at radius 2 is 1.94 bits per heavy atom. The molecule has 3 saturated carbocycles. The molecule has 5 fully saturated rings. The molecule has 184 valence electrons. The van der Waals surface area contributed by atoms with E-state index < -0.39 is 0 Å². The Bertz CT molecular complexity index is 844. The number of piperidine rings is 1. The summed E-state index contributed by atoms with van der Waals surface area (Å²) in [5.41, 5.74) is 2.24. The van der Waals surface area contributed by atoms with Crippen LogP contribution in [0.25, 0.3) is 0 Å². The van der Waals surface area contributed by atoms with Gasteiger partial charge < -0.3 is 9.47 Å². The van der Waals surface area contributed by atoms with E-state index in [-0.39, 0.29) is 17.8 Å². The largest absolute Gasteiger partial charge is 0.462 e. The number of carbonyl (C=O) groups excluding carboxylic acids is 1. The quantitative estimate of drug-likeness (QED) is 0.397. The number of nitrogens with one attached hydrogen (secondary N) is 1. The van der Waals surface area contributed by atoms with Gasteiger partial charge in [0.1, 0.15) is 11.8 Å². The molecule has 2 heterocycles. The molecule has 6 unspecified atom stereocenters. The molecule has 4 nitrogen and oxygen atoms in total. The van der Waals surface area contributed by atoms with Gasteiger partial charge in [-0.25, -0.2) is 0 Å². The van der Waals surface area contributed by atoms with Crippen molar-refractivity contribution in [1.29, 1.82) is 0 Å². The molecule has 0 amide bonds. The van der Waals surface area contributed by atoms with Gasteiger partial charge in [-0.3, -0.25) is 10.1 Å². The van der Waals surface area contributed by atoms with Gasteiger partial charge in [0.15, 0.2) is 0 Å². The van der Waals surface area contributed by atoms with Crippen molar-refractivity contribution in [3.8, 4) is 0 Å². The van der Waals surface area contributed by atoms with E-state index in [0.717, 1.165) is 43.1 Å². The van der Waals surface area contributed by atoms with Gasteiger partial charge in [0.2, 0.25) is 0 Å². The highest BCUT2D eigenvalue weighted by Gasteiger charge is 2.68. The van der Waals surface area contributed by atoms with E-state index in [9.17, 15) is 4.79 Å². The van der Waals surface area contributed by atoms with E-state index in [1.165, 1.54) is 44.9 Å². The van der Waals surface area contributed by atoms with Crippen LogP contribution in [0.3, 0.4) is 0 Å². The van der Waals surface area contributed by atoms with Crippen molar-refractivity contribution < 1.29 is 14.3 Å². The molecular weight excluding hydrogens is 410 g/mol. The second-order valence-electron chi connectivity index (χ2n) is 13.4. The first-order valence-electron chi connectivity index (χ1n) is 14.0. The van der Waals surface area contributed by atoms with Gasteiger partial charge >= 0.3 is 5.97 Å². The van der Waals surface area contributed by atoms with Gasteiger partial charge in [-0.15, -0.1) is 0 Å². The average molecular weight is 456 g/mol. The summed E-state index contributed by atoms with van der Waals surface area (Å²) in [6.07, 6.45) is 13.9. The molecule has 6 rings (SSSR count). The first-order chi connectivity index (χ1) is 15.7. The molecule has 1 spiro atoms. The summed E-state index contributed by atoms with van der Waals surface area (Å²) in [5.74, 6) is 4.30. The van der Waals surface area contributed by atoms with Crippen LogP contribution in [0.4, 0.5) is 0 Å². The highest BCUT2D eigenvalue weighted by molar-refractivity contribution is 5.66. The van der Waals surface area contributed by atoms with Gasteiger partial charge in [-0.05, 0) is 91.8 Å². The SMILES string of the molecule is CC(=O)OC1CC[C@@]2(C)C(=CCC3C2CC[C@@]2(C)C3C[C@@H]3OC4(CCC(C)CN4)[C@H](C)[C@@H]32)C1. The molecule has 2 aliphatic heterocycles. The fourth-order valence-electron chi connectivity index (χ4n) is 10.2. The number of allylic oxidation sites excluding steroid dienone is 1. The fraction of sp³-hybridized carbons (Fsp3) is 0.897. The van der Waals surface area contributed by atoms with E-state index in [4.69, 9.17) is 9.47 Å². The van der Waals surface area contributed by atoms with Crippen LogP contribution in [0.5, 0.6) is 0 Å². The van der Waals surface area contributed by atoms with Crippen LogP contribution >= 0.6 is 0 Å². The fourth-order valence-corrected chi connectivity index (χ4v) is 10.2. The van der Waals surface area contributed by atoms with Gasteiger partial charge in [0, 0.05) is 25.8 Å². The number of hydrogen-bond acceptors (Lipinski definition) is 4. The third-order valence-corrected chi connectivity index (χ3v) is 11.9. The summed E-state index contributed by atoms with van der Waals surface area (Å²) in [4.78, 5) is 11.5. The van der Waals surface area contributed by atoms with Crippen molar-refractivity contribution in [3.05, 3.63) is 11.6 Å². The minimum atomic E-state index is -0.127. The van der Waals surface area contributed by atoms with E-state index in [0.29, 0.717) is 28.8 Å². The molecule has 4 heteroatoms. The normalized spacial score (nSPS) is 55.2. The second kappa shape index (κ2) is 7.56. The summed E-state index contributed by atoms with van der Waals surface area (Å²) in [6.45, 7) is 12.7. The first kappa shape index (κ1) is 22.6. The maximum Gasteiger partial charge on any atom is 0.302 e. The molecule has 2 saturated heterocycles. The van der Waals surface area contributed by atoms with Crippen molar-refractivity contribution in [1.82, 2.24) is 5.32 Å². The van der Waals surface area contributed by atoms with E-state index in [1.54, 1.807) is 12.5 Å². The number of esters is 1. The third-order valence-electron chi connectivity index (χ3n) is 11.9. The van der Waals surface area contributed by atoms with Crippen molar-refractivity contribution in [2.75, 3.05) is 6.54 Å². The Morgan fingerprint density at radius 3 is 2.67 bits per heavy atom. The Kier molecular flexibility index (Phi) is 5.18. The number of rotatable bonds is 1. The van der Waals surface area contributed by atoms with Crippen LogP contribution in [0.1, 0.15) is 92.4 Å². The Morgan fingerprint density at radius 1 is 1.12 bits per heavy atom. The lowest BCUT2D eigenvalue weighted by molar-refractivity contribution is -0.148. The summed E-state index contributed by atoms with van der Waals surface area (Å²) in [6, 6.07) is 0. The highest BCUT2D eigenvalue weighted by Crippen LogP contribution is 2.70. The number of hydrogen-bond donors (Lipinski definition) is 1. The van der Waals surface area contributed by atoms with Gasteiger partial charge in [0.25, 0.3) is 0 Å². The smallest absolute Gasteiger partial charge is 0.302 e. The molecule has 11 atom stereocenters. The Hall–Kier alpha value is -0.870. The zero-order valence-corrected chi connectivity index (χ0v) is 21.5. The average Bonchev–Trinajstić information content (AvgIpc) is 3.21. The zero-order chi connectivity index (χ0) is 23.2. The van der Waals surface area contributed by atoms with Crippen LogP contribution in [0.2, 0.25) is 0 Å². The highest BCUT2D eigenvalue weighted by atomic mass is 16.5. The summed E-state index contributed by atoms with van der Waals surface area (Å²) in [7, 11) is 0. The molecule has 33 heavy (non-hydrogen) atoms. The second-order valence-corrected chi connectivity index (χ2v) is 13.4. The first-order valence-corrected chi connectivity index (χ1v) is 14.0. The van der Waals surface area contributed by atoms with Gasteiger partial charge in [-0.1, -0.05) is 39.3 Å². The van der Waals surface area contributed by atoms with Crippen LogP contribution < -0.4 is 5.32 Å². The van der Waals surface area contributed by atoms with Crippen LogP contribution in [0, 0.1) is 46.3 Å². The van der Waals surface area contributed by atoms with E-state index in [2.05, 4.69) is 39.1 Å². The van der Waals surface area contributed by atoms with Crippen molar-refractivity contribution in [3.63, 3.8) is 0 Å². The Balaban J connectivity index is 1.24. The van der Waals surface area contributed by atoms with Crippen LogP contribution in [-0.2, 0) is 14.3 Å². The lowest BCUT2D eigenvalue weighted by Gasteiger charge is -2.58. The predicted octanol–water partition coefficient (Wildman–Crippen LogP) is 5.86. The van der Waals surface area contributed by atoms with E-state index >= 15 is 0 Å². The van der Waals surface area contributed by atoms with Gasteiger partial charge in [0.05, 0.1) is 6.10 Å². The monoisotopic (exact) mass is 455 g/mol. The van der Waals surface area contributed by atoms with Crippen LogP contribution in [-0.4, -0.2) is 30.4 Å². The minimum Gasteiger partial charge on any atom is -0.462 e. The molecule has 0 radical (unpaired) electrons. The minimum absolute atomic E-state index is 0.0621. The predicted molar refractivity (Wildman–Crippen MR) is 129 cm³/mol. The van der Waals surface area contributed by atoms with E-state index in [1.807, 2.05) is 0 Å². The maximum atomic E-state index is 11.5. The number of carbonyl (C=O) groups is 1. The zero-order valence-electron chi connectivity index (χ0n) is 21.5.